The van der Waals surface area contributed by atoms with Crippen LogP contribution in [0.3, 0.4) is 0 Å². The molecule has 0 saturated heterocycles. The first kappa shape index (κ1) is 11.5. The molecule has 1 aliphatic rings. The van der Waals surface area contributed by atoms with Gasteiger partial charge in [-0.15, -0.1) is 0 Å². The van der Waals surface area contributed by atoms with Gasteiger partial charge in [0.15, 0.2) is 0 Å². The van der Waals surface area contributed by atoms with E-state index >= 15 is 0 Å². The molecule has 0 spiro atoms. The molecule has 1 unspecified atom stereocenters. The van der Waals surface area contributed by atoms with Crippen LogP contribution in [0.5, 0.6) is 5.75 Å². The highest BCUT2D eigenvalue weighted by molar-refractivity contribution is 9.10. The van der Waals surface area contributed by atoms with Gasteiger partial charge in [-0.1, -0.05) is 28.1 Å². The van der Waals surface area contributed by atoms with Gasteiger partial charge < -0.3 is 10.1 Å². The lowest BCUT2D eigenvalue weighted by atomic mass is 10.0. The van der Waals surface area contributed by atoms with Crippen LogP contribution in [0.2, 0.25) is 0 Å². The summed E-state index contributed by atoms with van der Waals surface area (Å²) in [6.45, 7) is 0. The van der Waals surface area contributed by atoms with Crippen LogP contribution < -0.4 is 10.1 Å². The number of hydrogen-bond acceptors (Lipinski definition) is 2. The molecule has 86 valence electrons. The highest BCUT2D eigenvalue weighted by Gasteiger charge is 2.11. The summed E-state index contributed by atoms with van der Waals surface area (Å²) >= 11 is 3.48. The molecule has 1 aromatic rings. The number of nitrogens with one attached hydrogen (secondary N) is 1. The summed E-state index contributed by atoms with van der Waals surface area (Å²) in [5, 5.41) is 3.50. The van der Waals surface area contributed by atoms with Gasteiger partial charge in [-0.25, -0.2) is 0 Å². The van der Waals surface area contributed by atoms with Crippen LogP contribution >= 0.6 is 15.9 Å². The minimum absolute atomic E-state index is 0.428. The topological polar surface area (TPSA) is 21.3 Å². The predicted molar refractivity (Wildman–Crippen MR) is 71.1 cm³/mol. The second-order valence-corrected chi connectivity index (χ2v) is 4.87. The zero-order valence-electron chi connectivity index (χ0n) is 9.37. The van der Waals surface area contributed by atoms with Crippen molar-refractivity contribution in [3.8, 4) is 5.75 Å². The van der Waals surface area contributed by atoms with E-state index in [1.54, 1.807) is 7.11 Å². The van der Waals surface area contributed by atoms with Gasteiger partial charge in [-0.2, -0.15) is 0 Å². The summed E-state index contributed by atoms with van der Waals surface area (Å²) in [4.78, 5) is 0. The van der Waals surface area contributed by atoms with Crippen LogP contribution in [0.25, 0.3) is 0 Å². The minimum atomic E-state index is 0.428. The average molecular weight is 282 g/mol. The Labute approximate surface area is 105 Å². The Morgan fingerprint density at radius 3 is 3.00 bits per heavy atom. The van der Waals surface area contributed by atoms with Crippen molar-refractivity contribution in [3.63, 3.8) is 0 Å². The maximum atomic E-state index is 5.33. The van der Waals surface area contributed by atoms with Crippen LogP contribution in [0.4, 0.5) is 5.69 Å². The summed E-state index contributed by atoms with van der Waals surface area (Å²) in [7, 11) is 1.70. The Hall–Kier alpha value is -0.960. The number of rotatable bonds is 3. The largest absolute Gasteiger partial charge is 0.495 e. The van der Waals surface area contributed by atoms with Crippen molar-refractivity contribution in [1.82, 2.24) is 0 Å². The summed E-state index contributed by atoms with van der Waals surface area (Å²) in [6, 6.07) is 6.44. The second-order valence-electron chi connectivity index (χ2n) is 3.95. The maximum Gasteiger partial charge on any atom is 0.142 e. The molecule has 0 fully saturated rings. The Kier molecular flexibility index (Phi) is 3.88. The Balaban J connectivity index is 2.15. The van der Waals surface area contributed by atoms with Crippen LogP contribution in [0.1, 0.15) is 19.3 Å². The number of methoxy groups -OCH3 is 1. The molecule has 0 saturated carbocycles. The number of benzene rings is 1. The summed E-state index contributed by atoms with van der Waals surface area (Å²) < 4.78 is 6.40. The van der Waals surface area contributed by atoms with E-state index in [-0.39, 0.29) is 0 Å². The van der Waals surface area contributed by atoms with E-state index in [0.717, 1.165) is 15.9 Å². The third-order valence-corrected chi connectivity index (χ3v) is 3.25. The SMILES string of the molecule is COc1ccc(Br)cc1NC1C=CCCC1. The van der Waals surface area contributed by atoms with Crippen LogP contribution in [0.15, 0.2) is 34.8 Å². The van der Waals surface area contributed by atoms with Gasteiger partial charge in [0.25, 0.3) is 0 Å². The van der Waals surface area contributed by atoms with Gasteiger partial charge in [0.1, 0.15) is 5.75 Å². The second kappa shape index (κ2) is 5.39. The first-order valence-electron chi connectivity index (χ1n) is 5.56. The van der Waals surface area contributed by atoms with Crippen LogP contribution in [0, 0.1) is 0 Å². The molecule has 0 bridgehead atoms. The lowest BCUT2D eigenvalue weighted by Crippen LogP contribution is -2.18. The van der Waals surface area contributed by atoms with E-state index in [4.69, 9.17) is 4.74 Å². The third-order valence-electron chi connectivity index (χ3n) is 2.76. The molecule has 0 amide bonds. The summed E-state index contributed by atoms with van der Waals surface area (Å²) in [5.74, 6) is 0.891. The highest BCUT2D eigenvalue weighted by Crippen LogP contribution is 2.29. The number of hydrogen-bond donors (Lipinski definition) is 1. The molecule has 0 radical (unpaired) electrons. The zero-order valence-corrected chi connectivity index (χ0v) is 11.0. The van der Waals surface area contributed by atoms with Gasteiger partial charge in [0.2, 0.25) is 0 Å². The quantitative estimate of drug-likeness (QED) is 0.847. The lowest BCUT2D eigenvalue weighted by molar-refractivity contribution is 0.416. The van der Waals surface area contributed by atoms with Gasteiger partial charge in [-0.05, 0) is 37.5 Å². The van der Waals surface area contributed by atoms with Crippen molar-refractivity contribution in [3.05, 3.63) is 34.8 Å². The molecule has 2 nitrogen and oxygen atoms in total. The Morgan fingerprint density at radius 2 is 2.31 bits per heavy atom. The zero-order chi connectivity index (χ0) is 11.4. The van der Waals surface area contributed by atoms with Crippen molar-refractivity contribution in [2.24, 2.45) is 0 Å². The molecule has 0 aliphatic heterocycles. The van der Waals surface area contributed by atoms with Crippen molar-refractivity contribution in [1.29, 1.82) is 0 Å². The number of ether oxygens (including phenoxy) is 1. The monoisotopic (exact) mass is 281 g/mol. The number of anilines is 1. The molecular weight excluding hydrogens is 266 g/mol. The van der Waals surface area contributed by atoms with E-state index in [9.17, 15) is 0 Å². The molecule has 16 heavy (non-hydrogen) atoms. The van der Waals surface area contributed by atoms with Crippen molar-refractivity contribution in [2.45, 2.75) is 25.3 Å². The molecule has 1 atom stereocenters. The fraction of sp³-hybridized carbons (Fsp3) is 0.385. The maximum absolute atomic E-state index is 5.33. The van der Waals surface area contributed by atoms with E-state index in [1.165, 1.54) is 19.3 Å². The molecule has 0 heterocycles. The molecule has 1 aliphatic carbocycles. The van der Waals surface area contributed by atoms with Gasteiger partial charge in [-0.3, -0.25) is 0 Å². The first-order chi connectivity index (χ1) is 7.79. The van der Waals surface area contributed by atoms with Crippen LogP contribution in [-0.4, -0.2) is 13.2 Å². The lowest BCUT2D eigenvalue weighted by Gasteiger charge is -2.20. The first-order valence-corrected chi connectivity index (χ1v) is 6.35. The fourth-order valence-corrected chi connectivity index (χ4v) is 2.29. The van der Waals surface area contributed by atoms with E-state index in [2.05, 4.69) is 39.5 Å². The average Bonchev–Trinajstić information content (AvgIpc) is 2.31. The molecule has 2 rings (SSSR count). The summed E-state index contributed by atoms with van der Waals surface area (Å²) in [5.41, 5.74) is 1.05. The van der Waals surface area contributed by atoms with E-state index in [0.29, 0.717) is 6.04 Å². The van der Waals surface area contributed by atoms with E-state index in [1.807, 2.05) is 12.1 Å². The van der Waals surface area contributed by atoms with Gasteiger partial charge in [0, 0.05) is 10.5 Å². The van der Waals surface area contributed by atoms with Crippen LogP contribution in [-0.2, 0) is 0 Å². The Bertz CT molecular complexity index is 390. The smallest absolute Gasteiger partial charge is 0.142 e. The van der Waals surface area contributed by atoms with Crippen molar-refractivity contribution < 1.29 is 4.74 Å². The molecule has 1 N–H and O–H groups in total. The molecule has 3 heteroatoms. The minimum Gasteiger partial charge on any atom is -0.495 e. The predicted octanol–water partition coefficient (Wildman–Crippen LogP) is 3.98. The normalized spacial score (nSPS) is 19.5. The molecule has 0 aromatic heterocycles. The van der Waals surface area contributed by atoms with E-state index < -0.39 is 0 Å². The fourth-order valence-electron chi connectivity index (χ4n) is 1.93. The van der Waals surface area contributed by atoms with Crippen molar-refractivity contribution >= 4 is 21.6 Å². The summed E-state index contributed by atoms with van der Waals surface area (Å²) in [6.07, 6.45) is 8.12. The molecule has 1 aromatic carbocycles. The van der Waals surface area contributed by atoms with Crippen molar-refractivity contribution in [2.75, 3.05) is 12.4 Å². The third kappa shape index (κ3) is 2.79. The molecular formula is C13H16BrNO. The number of allylic oxidation sites excluding steroid dienone is 1. The Morgan fingerprint density at radius 1 is 1.44 bits per heavy atom. The number of halogens is 1. The highest BCUT2D eigenvalue weighted by atomic mass is 79.9. The van der Waals surface area contributed by atoms with Gasteiger partial charge in [0.05, 0.1) is 12.8 Å². The standard InChI is InChI=1S/C13H16BrNO/c1-16-13-8-7-10(14)9-12(13)15-11-5-3-2-4-6-11/h3,5,7-9,11,15H,2,4,6H2,1H3. The van der Waals surface area contributed by atoms with Gasteiger partial charge >= 0.3 is 0 Å².